The van der Waals surface area contributed by atoms with E-state index >= 15 is 0 Å². The number of alkyl halides is 1. The maximum Gasteiger partial charge on any atom is 0.354 e. The van der Waals surface area contributed by atoms with Crippen LogP contribution in [0.25, 0.3) is 10.9 Å². The molecule has 0 saturated carbocycles. The lowest BCUT2D eigenvalue weighted by molar-refractivity contribution is 0.0595. The van der Waals surface area contributed by atoms with Gasteiger partial charge in [0.25, 0.3) is 0 Å². The molecule has 0 fully saturated rings. The summed E-state index contributed by atoms with van der Waals surface area (Å²) in [5, 5.41) is 0.858. The van der Waals surface area contributed by atoms with Gasteiger partial charge >= 0.3 is 5.97 Å². The quantitative estimate of drug-likeness (QED) is 0.533. The molecule has 0 atom stereocenters. The van der Waals surface area contributed by atoms with Crippen molar-refractivity contribution in [2.45, 2.75) is 0 Å². The van der Waals surface area contributed by atoms with Crippen LogP contribution in [-0.2, 0) is 4.74 Å². The van der Waals surface area contributed by atoms with E-state index in [1.165, 1.54) is 14.2 Å². The van der Waals surface area contributed by atoms with Gasteiger partial charge in [0, 0.05) is 10.9 Å². The maximum absolute atomic E-state index is 11.9. The Morgan fingerprint density at radius 1 is 1.32 bits per heavy atom. The number of benzene rings is 1. The van der Waals surface area contributed by atoms with E-state index in [1.807, 2.05) is 0 Å². The van der Waals surface area contributed by atoms with E-state index in [0.717, 1.165) is 0 Å². The van der Waals surface area contributed by atoms with Crippen molar-refractivity contribution in [2.75, 3.05) is 19.5 Å². The number of halogens is 1. The van der Waals surface area contributed by atoms with Gasteiger partial charge in [0.05, 0.1) is 25.1 Å². The van der Waals surface area contributed by atoms with E-state index in [-0.39, 0.29) is 16.8 Å². The normalized spacial score (nSPS) is 10.5. The number of H-pyrrole nitrogens is 1. The van der Waals surface area contributed by atoms with Crippen molar-refractivity contribution in [3.63, 3.8) is 0 Å². The smallest absolute Gasteiger partial charge is 0.354 e. The molecule has 0 amide bonds. The molecule has 0 saturated heterocycles. The topological polar surface area (TPSA) is 68.4 Å². The minimum absolute atomic E-state index is 0.0666. The van der Waals surface area contributed by atoms with E-state index in [2.05, 4.69) is 25.7 Å². The van der Waals surface area contributed by atoms with Crippen molar-refractivity contribution in [1.82, 2.24) is 4.98 Å². The molecular formula is C13H12BrNO4. The summed E-state index contributed by atoms with van der Waals surface area (Å²) >= 11 is 3.14. The van der Waals surface area contributed by atoms with Crippen LogP contribution in [0.15, 0.2) is 18.2 Å². The number of rotatable bonds is 4. The highest BCUT2D eigenvalue weighted by atomic mass is 79.9. The molecule has 0 aliphatic rings. The molecule has 100 valence electrons. The molecule has 1 aromatic heterocycles. The van der Waals surface area contributed by atoms with Crippen LogP contribution in [0.5, 0.6) is 5.75 Å². The first-order valence-corrected chi connectivity index (χ1v) is 6.61. The summed E-state index contributed by atoms with van der Waals surface area (Å²) in [5.74, 6) is 0.00911. The molecule has 2 rings (SSSR count). The summed E-state index contributed by atoms with van der Waals surface area (Å²) in [6.07, 6.45) is 0. The highest BCUT2D eigenvalue weighted by molar-refractivity contribution is 9.09. The number of fused-ring (bicyclic) bond motifs is 1. The van der Waals surface area contributed by atoms with Crippen LogP contribution in [0.1, 0.15) is 20.8 Å². The molecular weight excluding hydrogens is 314 g/mol. The van der Waals surface area contributed by atoms with Crippen LogP contribution in [0.2, 0.25) is 0 Å². The van der Waals surface area contributed by atoms with Crippen LogP contribution >= 0.6 is 15.9 Å². The third-order valence-corrected chi connectivity index (χ3v) is 3.31. The van der Waals surface area contributed by atoms with Crippen LogP contribution < -0.4 is 4.74 Å². The fourth-order valence-corrected chi connectivity index (χ4v) is 2.20. The maximum atomic E-state index is 11.9. The predicted octanol–water partition coefficient (Wildman–Crippen LogP) is 2.54. The Hall–Kier alpha value is -1.82. The van der Waals surface area contributed by atoms with Gasteiger partial charge in [-0.1, -0.05) is 15.9 Å². The number of nitrogens with one attached hydrogen (secondary N) is 1. The SMILES string of the molecule is COC(=O)c1cc2c(C(=O)CBr)ccc(OC)c2[nH]1. The van der Waals surface area contributed by atoms with Crippen LogP contribution in [-0.4, -0.2) is 36.3 Å². The number of ketones is 1. The van der Waals surface area contributed by atoms with E-state index in [1.54, 1.807) is 18.2 Å². The van der Waals surface area contributed by atoms with Gasteiger partial charge in [-0.3, -0.25) is 4.79 Å². The van der Waals surface area contributed by atoms with E-state index in [0.29, 0.717) is 22.2 Å². The van der Waals surface area contributed by atoms with Gasteiger partial charge in [0.1, 0.15) is 11.4 Å². The molecule has 5 nitrogen and oxygen atoms in total. The highest BCUT2D eigenvalue weighted by Crippen LogP contribution is 2.29. The molecule has 0 radical (unpaired) electrons. The molecule has 0 spiro atoms. The zero-order chi connectivity index (χ0) is 14.0. The number of methoxy groups -OCH3 is 2. The Bertz CT molecular complexity index is 647. The first-order valence-electron chi connectivity index (χ1n) is 5.49. The van der Waals surface area contributed by atoms with Gasteiger partial charge in [-0.05, 0) is 18.2 Å². The number of carbonyl (C=O) groups is 2. The minimum atomic E-state index is -0.490. The molecule has 0 aliphatic carbocycles. The Balaban J connectivity index is 2.70. The van der Waals surface area contributed by atoms with Crippen LogP contribution in [0, 0.1) is 0 Å². The summed E-state index contributed by atoms with van der Waals surface area (Å²) in [5.41, 5.74) is 1.42. The Labute approximate surface area is 118 Å². The lowest BCUT2D eigenvalue weighted by atomic mass is 10.1. The van der Waals surface area contributed by atoms with Gasteiger partial charge in [0.2, 0.25) is 0 Å². The second-order valence-electron chi connectivity index (χ2n) is 3.84. The summed E-state index contributed by atoms with van der Waals surface area (Å²) in [6.45, 7) is 0. The molecule has 0 aliphatic heterocycles. The average Bonchev–Trinajstić information content (AvgIpc) is 2.89. The fraction of sp³-hybridized carbons (Fsp3) is 0.231. The lowest BCUT2D eigenvalue weighted by Crippen LogP contribution is -2.00. The zero-order valence-electron chi connectivity index (χ0n) is 10.5. The van der Waals surface area contributed by atoms with Gasteiger partial charge in [0.15, 0.2) is 5.78 Å². The molecule has 6 heteroatoms. The fourth-order valence-electron chi connectivity index (χ4n) is 1.90. The largest absolute Gasteiger partial charge is 0.495 e. The molecule has 1 aromatic carbocycles. The Kier molecular flexibility index (Phi) is 3.90. The number of carbonyl (C=O) groups excluding carboxylic acids is 2. The number of aromatic nitrogens is 1. The van der Waals surface area contributed by atoms with Gasteiger partial charge in [-0.15, -0.1) is 0 Å². The summed E-state index contributed by atoms with van der Waals surface area (Å²) in [7, 11) is 2.83. The molecule has 19 heavy (non-hydrogen) atoms. The van der Waals surface area contributed by atoms with Gasteiger partial charge in [-0.2, -0.15) is 0 Å². The predicted molar refractivity (Wildman–Crippen MR) is 74.3 cm³/mol. The summed E-state index contributed by atoms with van der Waals surface area (Å²) in [4.78, 5) is 26.3. The molecule has 1 heterocycles. The molecule has 0 unspecified atom stereocenters. The zero-order valence-corrected chi connectivity index (χ0v) is 12.0. The number of Topliss-reactive ketones (excluding diaryl/α,β-unsaturated/α-hetero) is 1. The summed E-state index contributed by atoms with van der Waals surface area (Å²) in [6, 6.07) is 4.97. The number of hydrogen-bond acceptors (Lipinski definition) is 4. The number of hydrogen-bond donors (Lipinski definition) is 1. The second-order valence-corrected chi connectivity index (χ2v) is 4.40. The van der Waals surface area contributed by atoms with Gasteiger partial charge < -0.3 is 14.5 Å². The third-order valence-electron chi connectivity index (χ3n) is 2.80. The number of aromatic amines is 1. The minimum Gasteiger partial charge on any atom is -0.495 e. The third kappa shape index (κ3) is 2.35. The highest BCUT2D eigenvalue weighted by Gasteiger charge is 2.17. The molecule has 1 N–H and O–H groups in total. The standard InChI is InChI=1S/C13H12BrNO4/c1-18-11-4-3-7(10(16)6-14)8-5-9(13(17)19-2)15-12(8)11/h3-5,15H,6H2,1-2H3. The molecule has 2 aromatic rings. The number of ether oxygens (including phenoxy) is 2. The van der Waals surface area contributed by atoms with Crippen LogP contribution in [0.3, 0.4) is 0 Å². The molecule has 0 bridgehead atoms. The number of esters is 1. The van der Waals surface area contributed by atoms with Gasteiger partial charge in [-0.25, -0.2) is 4.79 Å². The monoisotopic (exact) mass is 325 g/mol. The first-order chi connectivity index (χ1) is 9.12. The van der Waals surface area contributed by atoms with E-state index in [4.69, 9.17) is 4.74 Å². The summed E-state index contributed by atoms with van der Waals surface area (Å²) < 4.78 is 9.88. The first kappa shape index (κ1) is 13.6. The average molecular weight is 326 g/mol. The van der Waals surface area contributed by atoms with Crippen molar-refractivity contribution >= 4 is 38.6 Å². The van der Waals surface area contributed by atoms with Crippen molar-refractivity contribution in [3.05, 3.63) is 29.5 Å². The van der Waals surface area contributed by atoms with Crippen molar-refractivity contribution in [3.8, 4) is 5.75 Å². The van der Waals surface area contributed by atoms with Crippen molar-refractivity contribution < 1.29 is 19.1 Å². The van der Waals surface area contributed by atoms with Crippen molar-refractivity contribution in [1.29, 1.82) is 0 Å². The van der Waals surface area contributed by atoms with E-state index in [9.17, 15) is 9.59 Å². The van der Waals surface area contributed by atoms with E-state index < -0.39 is 5.97 Å². The Morgan fingerprint density at radius 2 is 2.05 bits per heavy atom. The Morgan fingerprint density at radius 3 is 2.63 bits per heavy atom. The second kappa shape index (κ2) is 5.44. The van der Waals surface area contributed by atoms with Crippen LogP contribution in [0.4, 0.5) is 0 Å². The lowest BCUT2D eigenvalue weighted by Gasteiger charge is -2.04. The van der Waals surface area contributed by atoms with Crippen molar-refractivity contribution in [2.24, 2.45) is 0 Å².